The van der Waals surface area contributed by atoms with E-state index >= 15 is 0 Å². The van der Waals surface area contributed by atoms with Crippen molar-refractivity contribution in [1.29, 1.82) is 0 Å². The van der Waals surface area contributed by atoms with Gasteiger partial charge in [-0.2, -0.15) is 11.8 Å². The predicted molar refractivity (Wildman–Crippen MR) is 66.0 cm³/mol. The number of nitrogens with one attached hydrogen (secondary N) is 1. The van der Waals surface area contributed by atoms with Crippen molar-refractivity contribution in [1.82, 2.24) is 10.2 Å². The van der Waals surface area contributed by atoms with Crippen LogP contribution >= 0.6 is 24.0 Å². The van der Waals surface area contributed by atoms with Gasteiger partial charge in [-0.05, 0) is 24.4 Å². The number of rotatable bonds is 3. The van der Waals surface area contributed by atoms with Crippen LogP contribution in [-0.2, 0) is 4.74 Å². The summed E-state index contributed by atoms with van der Waals surface area (Å²) in [7, 11) is 1.70. The fourth-order valence-electron chi connectivity index (χ4n) is 1.32. The minimum atomic E-state index is 0.711. The van der Waals surface area contributed by atoms with Crippen molar-refractivity contribution in [3.8, 4) is 0 Å². The minimum absolute atomic E-state index is 0.711. The van der Waals surface area contributed by atoms with Gasteiger partial charge in [-0.25, -0.2) is 0 Å². The highest BCUT2D eigenvalue weighted by Crippen LogP contribution is 2.09. The molecule has 1 fully saturated rings. The molecule has 3 nitrogen and oxygen atoms in total. The third-order valence-electron chi connectivity index (χ3n) is 2.09. The van der Waals surface area contributed by atoms with Gasteiger partial charge in [-0.1, -0.05) is 0 Å². The van der Waals surface area contributed by atoms with Gasteiger partial charge < -0.3 is 15.0 Å². The molecule has 1 N–H and O–H groups in total. The summed E-state index contributed by atoms with van der Waals surface area (Å²) in [6, 6.07) is 0. The van der Waals surface area contributed by atoms with Crippen LogP contribution in [0.25, 0.3) is 0 Å². The van der Waals surface area contributed by atoms with Crippen molar-refractivity contribution in [2.45, 2.75) is 6.42 Å². The molecule has 0 aromatic heterocycles. The molecule has 0 aromatic rings. The van der Waals surface area contributed by atoms with Gasteiger partial charge in [0.1, 0.15) is 0 Å². The largest absolute Gasteiger partial charge is 0.383 e. The fourth-order valence-corrected chi connectivity index (χ4v) is 2.49. The summed E-state index contributed by atoms with van der Waals surface area (Å²) in [5, 5.41) is 4.08. The first-order valence-corrected chi connectivity index (χ1v) is 6.50. The zero-order valence-corrected chi connectivity index (χ0v) is 10.3. The van der Waals surface area contributed by atoms with Crippen LogP contribution in [0.2, 0.25) is 0 Å². The normalized spacial score (nSPS) is 17.6. The molecule has 1 aliphatic heterocycles. The monoisotopic (exact) mass is 234 g/mol. The van der Waals surface area contributed by atoms with E-state index in [1.807, 2.05) is 11.8 Å². The van der Waals surface area contributed by atoms with Crippen LogP contribution in [-0.4, -0.2) is 54.9 Å². The molecule has 1 saturated heterocycles. The standard InChI is InChI=1S/C9H18N2OS2/c1-12-6-3-10-9(13)11-4-2-7-14-8-5-11/h2-8H2,1H3,(H,10,13). The molecular weight excluding hydrogens is 216 g/mol. The molecule has 82 valence electrons. The van der Waals surface area contributed by atoms with E-state index in [-0.39, 0.29) is 0 Å². The lowest BCUT2D eigenvalue weighted by atomic mass is 10.4. The zero-order chi connectivity index (χ0) is 10.2. The van der Waals surface area contributed by atoms with Crippen molar-refractivity contribution < 1.29 is 4.74 Å². The second-order valence-electron chi connectivity index (χ2n) is 3.18. The molecule has 0 radical (unpaired) electrons. The Morgan fingerprint density at radius 3 is 3.14 bits per heavy atom. The van der Waals surface area contributed by atoms with Gasteiger partial charge >= 0.3 is 0 Å². The van der Waals surface area contributed by atoms with Crippen LogP contribution in [0.1, 0.15) is 6.42 Å². The maximum absolute atomic E-state index is 5.30. The van der Waals surface area contributed by atoms with Crippen molar-refractivity contribution in [2.24, 2.45) is 0 Å². The van der Waals surface area contributed by atoms with Crippen molar-refractivity contribution >= 4 is 29.1 Å². The van der Waals surface area contributed by atoms with Crippen LogP contribution in [0.5, 0.6) is 0 Å². The Morgan fingerprint density at radius 1 is 1.50 bits per heavy atom. The molecule has 1 heterocycles. The summed E-state index contributed by atoms with van der Waals surface area (Å²) in [6.07, 6.45) is 1.23. The van der Waals surface area contributed by atoms with Gasteiger partial charge in [0.05, 0.1) is 6.61 Å². The second-order valence-corrected chi connectivity index (χ2v) is 4.79. The number of hydrogen-bond donors (Lipinski definition) is 1. The molecule has 0 bridgehead atoms. The number of thiocarbonyl (C=S) groups is 1. The molecule has 1 aliphatic rings. The molecule has 0 aliphatic carbocycles. The summed E-state index contributed by atoms with van der Waals surface area (Å²) in [6.45, 7) is 3.68. The Morgan fingerprint density at radius 2 is 2.36 bits per heavy atom. The Labute approximate surface area is 95.6 Å². The fraction of sp³-hybridized carbons (Fsp3) is 0.889. The van der Waals surface area contributed by atoms with Crippen molar-refractivity contribution in [3.63, 3.8) is 0 Å². The number of hydrogen-bond acceptors (Lipinski definition) is 3. The van der Waals surface area contributed by atoms with E-state index in [9.17, 15) is 0 Å². The number of thioether (sulfide) groups is 1. The molecule has 0 saturated carbocycles. The highest BCUT2D eigenvalue weighted by atomic mass is 32.2. The third-order valence-corrected chi connectivity index (χ3v) is 3.54. The van der Waals surface area contributed by atoms with E-state index in [1.165, 1.54) is 17.9 Å². The summed E-state index contributed by atoms with van der Waals surface area (Å²) in [4.78, 5) is 2.25. The topological polar surface area (TPSA) is 24.5 Å². The lowest BCUT2D eigenvalue weighted by molar-refractivity contribution is 0.203. The van der Waals surface area contributed by atoms with E-state index in [1.54, 1.807) is 7.11 Å². The first-order valence-electron chi connectivity index (χ1n) is 4.94. The smallest absolute Gasteiger partial charge is 0.169 e. The summed E-state index contributed by atoms with van der Waals surface area (Å²) < 4.78 is 4.96. The molecule has 0 amide bonds. The predicted octanol–water partition coefficient (Wildman–Crippen LogP) is 0.946. The Kier molecular flexibility index (Phi) is 6.31. The van der Waals surface area contributed by atoms with Crippen molar-refractivity contribution in [3.05, 3.63) is 0 Å². The first kappa shape index (κ1) is 12.1. The highest BCUT2D eigenvalue weighted by molar-refractivity contribution is 7.99. The van der Waals surface area contributed by atoms with Gasteiger partial charge in [0.25, 0.3) is 0 Å². The quantitative estimate of drug-likeness (QED) is 0.579. The van der Waals surface area contributed by atoms with Crippen LogP contribution in [0.4, 0.5) is 0 Å². The number of nitrogens with zero attached hydrogens (tertiary/aromatic N) is 1. The van der Waals surface area contributed by atoms with Gasteiger partial charge in [-0.15, -0.1) is 0 Å². The first-order chi connectivity index (χ1) is 6.84. The van der Waals surface area contributed by atoms with Gasteiger partial charge in [0.2, 0.25) is 0 Å². The molecule has 1 rings (SSSR count). The lowest BCUT2D eigenvalue weighted by Gasteiger charge is -2.23. The highest BCUT2D eigenvalue weighted by Gasteiger charge is 2.11. The third kappa shape index (κ3) is 4.48. The second kappa shape index (κ2) is 7.31. The van der Waals surface area contributed by atoms with Crippen LogP contribution in [0.15, 0.2) is 0 Å². The van der Waals surface area contributed by atoms with Gasteiger partial charge in [0, 0.05) is 32.5 Å². The van der Waals surface area contributed by atoms with E-state index in [2.05, 4.69) is 10.2 Å². The minimum Gasteiger partial charge on any atom is -0.383 e. The van der Waals surface area contributed by atoms with Crippen LogP contribution < -0.4 is 5.32 Å². The number of ether oxygens (including phenoxy) is 1. The molecule has 0 atom stereocenters. The number of methoxy groups -OCH3 is 1. The maximum atomic E-state index is 5.30. The molecule has 0 spiro atoms. The van der Waals surface area contributed by atoms with E-state index in [0.29, 0.717) is 6.61 Å². The molecular formula is C9H18N2OS2. The Hall–Kier alpha value is 0. The SMILES string of the molecule is COCCNC(=S)N1CCCSCC1. The molecule has 0 aromatic carbocycles. The van der Waals surface area contributed by atoms with Crippen LogP contribution in [0.3, 0.4) is 0 Å². The molecule has 5 heteroatoms. The zero-order valence-electron chi connectivity index (χ0n) is 8.62. The molecule has 0 unspecified atom stereocenters. The van der Waals surface area contributed by atoms with Crippen molar-refractivity contribution in [2.75, 3.05) is 44.9 Å². The summed E-state index contributed by atoms with van der Waals surface area (Å²) >= 11 is 7.31. The Bertz CT molecular complexity index is 170. The maximum Gasteiger partial charge on any atom is 0.169 e. The molecule has 14 heavy (non-hydrogen) atoms. The van der Waals surface area contributed by atoms with Gasteiger partial charge in [-0.3, -0.25) is 0 Å². The summed E-state index contributed by atoms with van der Waals surface area (Å²) in [5.41, 5.74) is 0. The van der Waals surface area contributed by atoms with Gasteiger partial charge in [0.15, 0.2) is 5.11 Å². The van der Waals surface area contributed by atoms with E-state index in [4.69, 9.17) is 17.0 Å². The Balaban J connectivity index is 2.20. The lowest BCUT2D eigenvalue weighted by Crippen LogP contribution is -2.42. The van der Waals surface area contributed by atoms with E-state index in [0.717, 1.165) is 24.7 Å². The average molecular weight is 234 g/mol. The van der Waals surface area contributed by atoms with Crippen LogP contribution in [0, 0.1) is 0 Å². The van der Waals surface area contributed by atoms with E-state index < -0.39 is 0 Å². The summed E-state index contributed by atoms with van der Waals surface area (Å²) in [5.74, 6) is 2.45. The average Bonchev–Trinajstić information content (AvgIpc) is 2.46.